The topological polar surface area (TPSA) is 67.8 Å². The van der Waals surface area contributed by atoms with Gasteiger partial charge in [-0.2, -0.15) is 0 Å². The van der Waals surface area contributed by atoms with Crippen LogP contribution in [0, 0.1) is 5.82 Å². The molecule has 0 radical (unpaired) electrons. The minimum absolute atomic E-state index is 0.0407. The standard InChI is InChI=1S/C20H13ClFN3O2/c21-20(27)19(26)14-8-24-18-13(6-7-15(22)17(14)18)16-9-23-11-25(16)10-12-4-2-1-3-5-12/h1-9,11,24H,10H2. The summed E-state index contributed by atoms with van der Waals surface area (Å²) in [4.78, 5) is 30.3. The number of Topliss-reactive ketones (excluding diaryl/α,β-unsaturated/α-hetero) is 1. The van der Waals surface area contributed by atoms with Crippen molar-refractivity contribution in [2.24, 2.45) is 0 Å². The molecule has 0 aliphatic heterocycles. The average Bonchev–Trinajstić information content (AvgIpc) is 3.30. The van der Waals surface area contributed by atoms with E-state index in [1.165, 1.54) is 12.3 Å². The lowest BCUT2D eigenvalue weighted by Gasteiger charge is -2.10. The number of hydrogen-bond donors (Lipinski definition) is 1. The maximum Gasteiger partial charge on any atom is 0.293 e. The Bertz CT molecular complexity index is 1160. The molecule has 2 heterocycles. The Hall–Kier alpha value is -3.25. The third-order valence-corrected chi connectivity index (χ3v) is 4.56. The van der Waals surface area contributed by atoms with Gasteiger partial charge in [-0.1, -0.05) is 30.3 Å². The van der Waals surface area contributed by atoms with Crippen molar-refractivity contribution in [3.63, 3.8) is 0 Å². The number of fused-ring (bicyclic) bond motifs is 1. The molecule has 0 atom stereocenters. The Balaban J connectivity index is 1.85. The Morgan fingerprint density at radius 2 is 1.93 bits per heavy atom. The van der Waals surface area contributed by atoms with E-state index in [0.717, 1.165) is 11.3 Å². The number of rotatable bonds is 5. The van der Waals surface area contributed by atoms with Crippen LogP contribution in [-0.2, 0) is 11.3 Å². The first-order valence-electron chi connectivity index (χ1n) is 8.14. The molecule has 134 valence electrons. The van der Waals surface area contributed by atoms with Crippen LogP contribution in [0.2, 0.25) is 0 Å². The van der Waals surface area contributed by atoms with Crippen LogP contribution in [0.1, 0.15) is 15.9 Å². The van der Waals surface area contributed by atoms with E-state index in [9.17, 15) is 14.0 Å². The Kier molecular flexibility index (Phi) is 4.33. The SMILES string of the molecule is O=C(Cl)C(=O)c1c[nH]c2c(-c3cncn3Cc3ccccc3)ccc(F)c12. The molecule has 0 amide bonds. The number of carbonyl (C=O) groups is 2. The Morgan fingerprint density at radius 1 is 1.15 bits per heavy atom. The van der Waals surface area contributed by atoms with E-state index in [2.05, 4.69) is 9.97 Å². The predicted molar refractivity (Wildman–Crippen MR) is 100 cm³/mol. The monoisotopic (exact) mass is 381 g/mol. The zero-order valence-corrected chi connectivity index (χ0v) is 14.7. The highest BCUT2D eigenvalue weighted by atomic mass is 35.5. The van der Waals surface area contributed by atoms with Gasteiger partial charge in [0.25, 0.3) is 5.24 Å². The molecule has 4 aromatic rings. The summed E-state index contributed by atoms with van der Waals surface area (Å²) >= 11 is 5.29. The third kappa shape index (κ3) is 3.04. The molecule has 0 aliphatic rings. The lowest BCUT2D eigenvalue weighted by Crippen LogP contribution is -2.07. The number of halogens is 2. The second kappa shape index (κ2) is 6.81. The average molecular weight is 382 g/mol. The van der Waals surface area contributed by atoms with Crippen LogP contribution < -0.4 is 0 Å². The van der Waals surface area contributed by atoms with Gasteiger partial charge < -0.3 is 9.55 Å². The van der Waals surface area contributed by atoms with E-state index >= 15 is 0 Å². The number of nitrogens with zero attached hydrogens (tertiary/aromatic N) is 2. The fraction of sp³-hybridized carbons (Fsp3) is 0.0500. The van der Waals surface area contributed by atoms with E-state index in [1.54, 1.807) is 18.6 Å². The molecular weight excluding hydrogens is 369 g/mol. The second-order valence-corrected chi connectivity index (χ2v) is 6.39. The Morgan fingerprint density at radius 3 is 2.67 bits per heavy atom. The molecule has 2 aromatic carbocycles. The lowest BCUT2D eigenvalue weighted by atomic mass is 10.0. The van der Waals surface area contributed by atoms with Crippen LogP contribution in [0.5, 0.6) is 0 Å². The molecule has 4 rings (SSSR count). The second-order valence-electron chi connectivity index (χ2n) is 6.04. The van der Waals surface area contributed by atoms with E-state index in [1.807, 2.05) is 34.9 Å². The van der Waals surface area contributed by atoms with E-state index in [0.29, 0.717) is 17.6 Å². The Labute approximate surface area is 158 Å². The zero-order valence-electron chi connectivity index (χ0n) is 13.9. The number of aromatic amines is 1. The van der Waals surface area contributed by atoms with Crippen molar-refractivity contribution >= 4 is 33.5 Å². The van der Waals surface area contributed by atoms with Crippen molar-refractivity contribution in [1.29, 1.82) is 0 Å². The minimum atomic E-state index is -1.16. The van der Waals surface area contributed by atoms with Gasteiger partial charge in [0.2, 0.25) is 5.78 Å². The van der Waals surface area contributed by atoms with Crippen LogP contribution in [0.15, 0.2) is 61.2 Å². The third-order valence-electron chi connectivity index (χ3n) is 4.39. The van der Waals surface area contributed by atoms with Gasteiger partial charge in [0.1, 0.15) is 5.82 Å². The van der Waals surface area contributed by atoms with Crippen molar-refractivity contribution < 1.29 is 14.0 Å². The van der Waals surface area contributed by atoms with Crippen LogP contribution >= 0.6 is 11.6 Å². The van der Waals surface area contributed by atoms with Crippen molar-refractivity contribution in [2.45, 2.75) is 6.54 Å². The molecule has 27 heavy (non-hydrogen) atoms. The molecule has 0 bridgehead atoms. The first kappa shape index (κ1) is 17.2. The largest absolute Gasteiger partial charge is 0.360 e. The number of nitrogens with one attached hydrogen (secondary N) is 1. The predicted octanol–water partition coefficient (Wildman–Crippen LogP) is 4.17. The molecule has 0 saturated carbocycles. The quantitative estimate of drug-likeness (QED) is 0.320. The summed E-state index contributed by atoms with van der Waals surface area (Å²) in [6.07, 6.45) is 4.66. The van der Waals surface area contributed by atoms with Crippen molar-refractivity contribution in [1.82, 2.24) is 14.5 Å². The summed E-state index contributed by atoms with van der Waals surface area (Å²) in [6, 6.07) is 12.7. The first-order valence-corrected chi connectivity index (χ1v) is 8.52. The number of carbonyl (C=O) groups excluding carboxylic acids is 2. The zero-order chi connectivity index (χ0) is 19.0. The first-order chi connectivity index (χ1) is 13.1. The van der Waals surface area contributed by atoms with Crippen LogP contribution in [-0.4, -0.2) is 25.6 Å². The van der Waals surface area contributed by atoms with E-state index < -0.39 is 16.8 Å². The van der Waals surface area contributed by atoms with E-state index in [4.69, 9.17) is 11.6 Å². The number of imidazole rings is 1. The van der Waals surface area contributed by atoms with Gasteiger partial charge in [-0.25, -0.2) is 9.37 Å². The number of benzene rings is 2. The van der Waals surface area contributed by atoms with Gasteiger partial charge >= 0.3 is 0 Å². The number of H-pyrrole nitrogens is 1. The van der Waals surface area contributed by atoms with Gasteiger partial charge in [-0.05, 0) is 29.3 Å². The lowest BCUT2D eigenvalue weighted by molar-refractivity contribution is -0.108. The molecule has 7 heteroatoms. The molecule has 0 spiro atoms. The van der Waals surface area contributed by atoms with Gasteiger partial charge in [0.05, 0.1) is 29.3 Å². The summed E-state index contributed by atoms with van der Waals surface area (Å²) in [6.45, 7) is 0.585. The highest BCUT2D eigenvalue weighted by Crippen LogP contribution is 2.32. The van der Waals surface area contributed by atoms with Crippen molar-refractivity contribution in [3.05, 3.63) is 78.1 Å². The molecule has 5 nitrogen and oxygen atoms in total. The smallest absolute Gasteiger partial charge is 0.293 e. The molecule has 1 N–H and O–H groups in total. The highest BCUT2D eigenvalue weighted by Gasteiger charge is 2.22. The summed E-state index contributed by atoms with van der Waals surface area (Å²) in [5.74, 6) is -1.55. The maximum atomic E-state index is 14.4. The van der Waals surface area contributed by atoms with Gasteiger partial charge in [0.15, 0.2) is 0 Å². The molecule has 0 saturated heterocycles. The molecule has 0 fully saturated rings. The van der Waals surface area contributed by atoms with Crippen molar-refractivity contribution in [2.75, 3.05) is 0 Å². The van der Waals surface area contributed by atoms with Gasteiger partial charge in [-0.3, -0.25) is 9.59 Å². The van der Waals surface area contributed by atoms with Crippen LogP contribution in [0.4, 0.5) is 4.39 Å². The van der Waals surface area contributed by atoms with E-state index in [-0.39, 0.29) is 10.9 Å². The molecule has 0 unspecified atom stereocenters. The van der Waals surface area contributed by atoms with Gasteiger partial charge in [-0.15, -0.1) is 0 Å². The van der Waals surface area contributed by atoms with Crippen LogP contribution in [0.3, 0.4) is 0 Å². The van der Waals surface area contributed by atoms with Crippen molar-refractivity contribution in [3.8, 4) is 11.3 Å². The number of aromatic nitrogens is 3. The highest BCUT2D eigenvalue weighted by molar-refractivity contribution is 6.83. The summed E-state index contributed by atoms with van der Waals surface area (Å²) in [5.41, 5.74) is 2.83. The summed E-state index contributed by atoms with van der Waals surface area (Å²) < 4.78 is 16.4. The number of hydrogen-bond acceptors (Lipinski definition) is 3. The maximum absolute atomic E-state index is 14.4. The number of ketones is 1. The normalized spacial score (nSPS) is 11.0. The fourth-order valence-corrected chi connectivity index (χ4v) is 3.26. The molecule has 0 aliphatic carbocycles. The van der Waals surface area contributed by atoms with Gasteiger partial charge in [0, 0.05) is 23.7 Å². The fourth-order valence-electron chi connectivity index (χ4n) is 3.16. The summed E-state index contributed by atoms with van der Waals surface area (Å²) in [7, 11) is 0. The molecular formula is C20H13ClFN3O2. The van der Waals surface area contributed by atoms with Crippen LogP contribution in [0.25, 0.3) is 22.2 Å². The summed E-state index contributed by atoms with van der Waals surface area (Å²) in [5, 5.41) is -1.12. The minimum Gasteiger partial charge on any atom is -0.360 e. The molecule has 2 aromatic heterocycles.